The highest BCUT2D eigenvalue weighted by Crippen LogP contribution is 2.33. The van der Waals surface area contributed by atoms with E-state index in [2.05, 4.69) is 10.1 Å². The molecule has 1 rings (SSSR count). The van der Waals surface area contributed by atoms with Crippen LogP contribution in [-0.4, -0.2) is 26.7 Å². The molecule has 0 fully saturated rings. The molecule has 1 amide bonds. The Bertz CT molecular complexity index is 565. The highest BCUT2D eigenvalue weighted by atomic mass is 19.3. The Morgan fingerprint density at radius 1 is 1.50 bits per heavy atom. The normalized spacial score (nSPS) is 10.9. The van der Waals surface area contributed by atoms with Crippen LogP contribution < -0.4 is 14.8 Å². The quantitative estimate of drug-likeness (QED) is 0.662. The molecular formula is C13H12F2N2O3. The Kier molecular flexibility index (Phi) is 5.47. The number of benzene rings is 1. The molecule has 0 radical (unpaired) electrons. The van der Waals surface area contributed by atoms with Gasteiger partial charge in [0.1, 0.15) is 11.6 Å². The number of hydrogen-bond acceptors (Lipinski definition) is 4. The molecule has 0 atom stereocenters. The molecule has 0 spiro atoms. The van der Waals surface area contributed by atoms with Crippen LogP contribution in [0.2, 0.25) is 0 Å². The number of likely N-dealkylation sites (N-methyl/N-ethyl adjacent to an activating group) is 1. The monoisotopic (exact) mass is 282 g/mol. The average Bonchev–Trinajstić information content (AvgIpc) is 2.44. The predicted octanol–water partition coefficient (Wildman–Crippen LogP) is 1.95. The first-order chi connectivity index (χ1) is 9.53. The third-order valence-electron chi connectivity index (χ3n) is 2.33. The van der Waals surface area contributed by atoms with Crippen LogP contribution in [0, 0.1) is 11.3 Å². The first-order valence-corrected chi connectivity index (χ1v) is 5.49. The van der Waals surface area contributed by atoms with Gasteiger partial charge in [0.05, 0.1) is 7.11 Å². The first kappa shape index (κ1) is 15.4. The van der Waals surface area contributed by atoms with Crippen LogP contribution in [0.3, 0.4) is 0 Å². The molecule has 0 aromatic heterocycles. The Balaban J connectivity index is 3.33. The Hall–Kier alpha value is -2.62. The minimum absolute atomic E-state index is 0.0771. The molecule has 106 valence electrons. The molecule has 0 aliphatic rings. The number of para-hydroxylation sites is 1. The molecule has 1 aromatic rings. The molecule has 0 saturated heterocycles. The van der Waals surface area contributed by atoms with Gasteiger partial charge in [-0.2, -0.15) is 14.0 Å². The molecule has 0 saturated carbocycles. The van der Waals surface area contributed by atoms with E-state index in [1.807, 2.05) is 0 Å². The summed E-state index contributed by atoms with van der Waals surface area (Å²) in [6.45, 7) is -3.05. The summed E-state index contributed by atoms with van der Waals surface area (Å²) in [5.74, 6) is -0.784. The summed E-state index contributed by atoms with van der Waals surface area (Å²) in [6, 6.07) is 6.08. The van der Waals surface area contributed by atoms with Crippen molar-refractivity contribution < 1.29 is 23.0 Å². The standard InChI is InChI=1S/C13H12F2N2O3/c1-17-12(18)9(7-16)6-8-4-3-5-10(19-2)11(8)20-13(14)15/h3-6,13H,1-2H3,(H,17,18)/b9-6+. The van der Waals surface area contributed by atoms with Gasteiger partial charge in [-0.15, -0.1) is 0 Å². The van der Waals surface area contributed by atoms with Gasteiger partial charge < -0.3 is 14.8 Å². The van der Waals surface area contributed by atoms with E-state index < -0.39 is 12.5 Å². The van der Waals surface area contributed by atoms with Gasteiger partial charge in [-0.1, -0.05) is 12.1 Å². The number of hydrogen-bond donors (Lipinski definition) is 1. The number of nitriles is 1. The SMILES string of the molecule is CNC(=O)/C(C#N)=C/c1cccc(OC)c1OC(F)F. The fourth-order valence-electron chi connectivity index (χ4n) is 1.46. The van der Waals surface area contributed by atoms with E-state index in [4.69, 9.17) is 10.00 Å². The van der Waals surface area contributed by atoms with E-state index in [1.54, 1.807) is 6.07 Å². The van der Waals surface area contributed by atoms with Crippen molar-refractivity contribution in [3.8, 4) is 17.6 Å². The van der Waals surface area contributed by atoms with Crippen molar-refractivity contribution in [1.29, 1.82) is 5.26 Å². The first-order valence-electron chi connectivity index (χ1n) is 5.49. The largest absolute Gasteiger partial charge is 0.493 e. The van der Waals surface area contributed by atoms with E-state index in [-0.39, 0.29) is 22.6 Å². The number of rotatable bonds is 5. The van der Waals surface area contributed by atoms with E-state index in [0.29, 0.717) is 0 Å². The van der Waals surface area contributed by atoms with Gasteiger partial charge in [0.25, 0.3) is 5.91 Å². The summed E-state index contributed by atoms with van der Waals surface area (Å²) in [4.78, 5) is 11.4. The maximum atomic E-state index is 12.4. The van der Waals surface area contributed by atoms with Crippen LogP contribution in [0.1, 0.15) is 5.56 Å². The topological polar surface area (TPSA) is 71.4 Å². The summed E-state index contributed by atoms with van der Waals surface area (Å²) in [5, 5.41) is 11.2. The molecule has 7 heteroatoms. The van der Waals surface area contributed by atoms with Crippen molar-refractivity contribution >= 4 is 12.0 Å². The third kappa shape index (κ3) is 3.68. The third-order valence-corrected chi connectivity index (χ3v) is 2.33. The highest BCUT2D eigenvalue weighted by Gasteiger charge is 2.16. The number of methoxy groups -OCH3 is 1. The number of nitrogens with one attached hydrogen (secondary N) is 1. The second kappa shape index (κ2) is 7.09. The summed E-state index contributed by atoms with van der Waals surface area (Å²) in [5.41, 5.74) is -0.0929. The van der Waals surface area contributed by atoms with Gasteiger partial charge in [-0.05, 0) is 12.1 Å². The lowest BCUT2D eigenvalue weighted by Gasteiger charge is -2.12. The fraction of sp³-hybridized carbons (Fsp3) is 0.231. The van der Waals surface area contributed by atoms with Crippen LogP contribution >= 0.6 is 0 Å². The van der Waals surface area contributed by atoms with Gasteiger partial charge in [-0.25, -0.2) is 0 Å². The molecule has 0 heterocycles. The van der Waals surface area contributed by atoms with E-state index in [9.17, 15) is 13.6 Å². The predicted molar refractivity (Wildman–Crippen MR) is 67.3 cm³/mol. The summed E-state index contributed by atoms with van der Waals surface area (Å²) >= 11 is 0. The van der Waals surface area contributed by atoms with Crippen LogP contribution in [0.25, 0.3) is 6.08 Å². The maximum Gasteiger partial charge on any atom is 0.387 e. The Morgan fingerprint density at radius 3 is 2.70 bits per heavy atom. The number of ether oxygens (including phenoxy) is 2. The molecule has 20 heavy (non-hydrogen) atoms. The second-order valence-electron chi connectivity index (χ2n) is 3.51. The van der Waals surface area contributed by atoms with Crippen molar-refractivity contribution in [2.45, 2.75) is 6.61 Å². The smallest absolute Gasteiger partial charge is 0.387 e. The van der Waals surface area contributed by atoms with Gasteiger partial charge >= 0.3 is 6.61 Å². The molecule has 0 unspecified atom stereocenters. The lowest BCUT2D eigenvalue weighted by Crippen LogP contribution is -2.19. The zero-order valence-electron chi connectivity index (χ0n) is 10.8. The Labute approximate surface area is 114 Å². The van der Waals surface area contributed by atoms with Crippen molar-refractivity contribution in [3.63, 3.8) is 0 Å². The number of alkyl halides is 2. The van der Waals surface area contributed by atoms with E-state index in [0.717, 1.165) is 6.08 Å². The maximum absolute atomic E-state index is 12.4. The van der Waals surface area contributed by atoms with E-state index >= 15 is 0 Å². The molecule has 5 nitrogen and oxygen atoms in total. The molecule has 0 bridgehead atoms. The summed E-state index contributed by atoms with van der Waals surface area (Å²) in [7, 11) is 2.65. The van der Waals surface area contributed by atoms with E-state index in [1.165, 1.54) is 32.4 Å². The zero-order valence-corrected chi connectivity index (χ0v) is 10.8. The molecule has 0 aliphatic heterocycles. The summed E-state index contributed by atoms with van der Waals surface area (Å²) in [6.07, 6.45) is 1.15. The van der Waals surface area contributed by atoms with Crippen LogP contribution in [0.15, 0.2) is 23.8 Å². The fourth-order valence-corrected chi connectivity index (χ4v) is 1.46. The van der Waals surface area contributed by atoms with Gasteiger partial charge in [0, 0.05) is 12.6 Å². The highest BCUT2D eigenvalue weighted by molar-refractivity contribution is 6.01. The van der Waals surface area contributed by atoms with Gasteiger partial charge in [0.2, 0.25) is 0 Å². The minimum atomic E-state index is -3.05. The lowest BCUT2D eigenvalue weighted by atomic mass is 10.1. The second-order valence-corrected chi connectivity index (χ2v) is 3.51. The number of halogens is 2. The summed E-state index contributed by atoms with van der Waals surface area (Å²) < 4.78 is 34.1. The number of amides is 1. The number of carbonyl (C=O) groups is 1. The van der Waals surface area contributed by atoms with Crippen molar-refractivity contribution in [3.05, 3.63) is 29.3 Å². The van der Waals surface area contributed by atoms with Crippen LogP contribution in [-0.2, 0) is 4.79 Å². The minimum Gasteiger partial charge on any atom is -0.493 e. The Morgan fingerprint density at radius 2 is 2.20 bits per heavy atom. The number of carbonyl (C=O) groups excluding carboxylic acids is 1. The molecule has 1 aromatic carbocycles. The molecule has 1 N–H and O–H groups in total. The van der Waals surface area contributed by atoms with Gasteiger partial charge in [0.15, 0.2) is 11.5 Å². The van der Waals surface area contributed by atoms with Gasteiger partial charge in [-0.3, -0.25) is 4.79 Å². The molecule has 0 aliphatic carbocycles. The van der Waals surface area contributed by atoms with Crippen LogP contribution in [0.5, 0.6) is 11.5 Å². The zero-order chi connectivity index (χ0) is 15.1. The molecular weight excluding hydrogens is 270 g/mol. The van der Waals surface area contributed by atoms with Crippen molar-refractivity contribution in [2.24, 2.45) is 0 Å². The van der Waals surface area contributed by atoms with Crippen molar-refractivity contribution in [2.75, 3.05) is 14.2 Å². The van der Waals surface area contributed by atoms with Crippen molar-refractivity contribution in [1.82, 2.24) is 5.32 Å². The lowest BCUT2D eigenvalue weighted by molar-refractivity contribution is -0.116. The number of nitrogens with zero attached hydrogens (tertiary/aromatic N) is 1. The van der Waals surface area contributed by atoms with Crippen LogP contribution in [0.4, 0.5) is 8.78 Å². The average molecular weight is 282 g/mol.